The summed E-state index contributed by atoms with van der Waals surface area (Å²) in [6.07, 6.45) is 3.35. The van der Waals surface area contributed by atoms with Crippen molar-refractivity contribution < 1.29 is 14.6 Å². The first-order valence-corrected chi connectivity index (χ1v) is 11.2. The molecule has 1 saturated carbocycles. The fraction of sp³-hybridized carbons (Fsp3) is 0.652. The molecule has 30 heavy (non-hydrogen) atoms. The van der Waals surface area contributed by atoms with E-state index in [1.54, 1.807) is 0 Å². The van der Waals surface area contributed by atoms with Crippen molar-refractivity contribution in [2.75, 3.05) is 45.9 Å². The topological polar surface area (TPSA) is 86.2 Å². The minimum Gasteiger partial charge on any atom is -0.389 e. The lowest BCUT2D eigenvalue weighted by Crippen LogP contribution is -2.41. The van der Waals surface area contributed by atoms with Gasteiger partial charge in [-0.3, -0.25) is 9.79 Å². The molecule has 0 bridgehead atoms. The molecule has 2 fully saturated rings. The van der Waals surface area contributed by atoms with Crippen molar-refractivity contribution in [1.29, 1.82) is 0 Å². The van der Waals surface area contributed by atoms with E-state index in [0.717, 1.165) is 32.7 Å². The SMILES string of the molecule is CCNC(=NCC(O)COCC1CC1)NCC1CC(=O)N(CCc2ccccc2)C1. The average molecular weight is 417 g/mol. The van der Waals surface area contributed by atoms with E-state index in [4.69, 9.17) is 4.74 Å². The highest BCUT2D eigenvalue weighted by molar-refractivity contribution is 5.81. The first-order chi connectivity index (χ1) is 14.6. The van der Waals surface area contributed by atoms with Gasteiger partial charge in [0.2, 0.25) is 5.91 Å². The number of hydrogen-bond acceptors (Lipinski definition) is 4. The van der Waals surface area contributed by atoms with Crippen LogP contribution in [0, 0.1) is 11.8 Å². The van der Waals surface area contributed by atoms with Crippen molar-refractivity contribution in [3.05, 3.63) is 35.9 Å². The third-order valence-electron chi connectivity index (χ3n) is 5.53. The van der Waals surface area contributed by atoms with Gasteiger partial charge in [0.25, 0.3) is 0 Å². The maximum Gasteiger partial charge on any atom is 0.223 e. The number of aliphatic hydroxyl groups is 1. The number of carbonyl (C=O) groups excluding carboxylic acids is 1. The maximum absolute atomic E-state index is 12.3. The number of rotatable bonds is 12. The molecule has 166 valence electrons. The van der Waals surface area contributed by atoms with E-state index in [-0.39, 0.29) is 11.8 Å². The Labute approximate surface area is 179 Å². The van der Waals surface area contributed by atoms with Crippen molar-refractivity contribution in [2.45, 2.75) is 38.7 Å². The Kier molecular flexibility index (Phi) is 8.96. The van der Waals surface area contributed by atoms with Gasteiger partial charge in [-0.05, 0) is 37.7 Å². The zero-order valence-corrected chi connectivity index (χ0v) is 18.1. The number of guanidine groups is 1. The van der Waals surface area contributed by atoms with Crippen molar-refractivity contribution >= 4 is 11.9 Å². The number of nitrogens with zero attached hydrogens (tertiary/aromatic N) is 2. The summed E-state index contributed by atoms with van der Waals surface area (Å²) in [5.74, 6) is 1.86. The van der Waals surface area contributed by atoms with Crippen LogP contribution in [-0.4, -0.2) is 73.9 Å². The second-order valence-electron chi connectivity index (χ2n) is 8.38. The van der Waals surface area contributed by atoms with Crippen molar-refractivity contribution in [3.8, 4) is 0 Å². The standard InChI is InChI=1S/C23H36N4O3/c1-2-24-23(26-14-21(28)17-30-16-19-8-9-19)25-13-20-12-22(29)27(15-20)11-10-18-6-4-3-5-7-18/h3-7,19-21,28H,2,8-17H2,1H3,(H2,24,25,26). The van der Waals surface area contributed by atoms with E-state index >= 15 is 0 Å². The van der Waals surface area contributed by atoms with E-state index in [0.29, 0.717) is 38.0 Å². The van der Waals surface area contributed by atoms with Gasteiger partial charge in [0.15, 0.2) is 5.96 Å². The van der Waals surface area contributed by atoms with Gasteiger partial charge in [-0.25, -0.2) is 0 Å². The molecule has 3 rings (SSSR count). The van der Waals surface area contributed by atoms with Gasteiger partial charge < -0.3 is 25.4 Å². The van der Waals surface area contributed by atoms with Gasteiger partial charge in [0.1, 0.15) is 0 Å². The Morgan fingerprint density at radius 3 is 2.80 bits per heavy atom. The lowest BCUT2D eigenvalue weighted by atomic mass is 10.1. The molecule has 3 N–H and O–H groups in total. The summed E-state index contributed by atoms with van der Waals surface area (Å²) in [6, 6.07) is 10.3. The van der Waals surface area contributed by atoms with E-state index < -0.39 is 6.10 Å². The quantitative estimate of drug-likeness (QED) is 0.354. The summed E-state index contributed by atoms with van der Waals surface area (Å²) in [6.45, 7) is 6.35. The molecule has 2 aliphatic rings. The van der Waals surface area contributed by atoms with Crippen LogP contribution in [0.1, 0.15) is 31.7 Å². The minimum atomic E-state index is -0.597. The molecule has 2 atom stereocenters. The number of nitrogens with one attached hydrogen (secondary N) is 2. The molecule has 7 nitrogen and oxygen atoms in total. The number of benzene rings is 1. The number of carbonyl (C=O) groups is 1. The zero-order valence-electron chi connectivity index (χ0n) is 18.1. The number of aliphatic imine (C=N–C) groups is 1. The predicted octanol–water partition coefficient (Wildman–Crippen LogP) is 1.42. The van der Waals surface area contributed by atoms with E-state index in [1.165, 1.54) is 18.4 Å². The molecule has 1 heterocycles. The van der Waals surface area contributed by atoms with Gasteiger partial charge in [0, 0.05) is 45.1 Å². The summed E-state index contributed by atoms with van der Waals surface area (Å²) >= 11 is 0. The Morgan fingerprint density at radius 1 is 1.27 bits per heavy atom. The summed E-state index contributed by atoms with van der Waals surface area (Å²) < 4.78 is 5.53. The summed E-state index contributed by atoms with van der Waals surface area (Å²) in [5, 5.41) is 16.6. The summed E-state index contributed by atoms with van der Waals surface area (Å²) in [4.78, 5) is 18.8. The second-order valence-corrected chi connectivity index (χ2v) is 8.38. The molecule has 1 aliphatic carbocycles. The van der Waals surface area contributed by atoms with Gasteiger partial charge in [-0.1, -0.05) is 30.3 Å². The van der Waals surface area contributed by atoms with Crippen molar-refractivity contribution in [3.63, 3.8) is 0 Å². The molecule has 7 heteroatoms. The Hall–Kier alpha value is -2.12. The molecule has 1 aromatic carbocycles. The van der Waals surface area contributed by atoms with Crippen LogP contribution in [0.3, 0.4) is 0 Å². The van der Waals surface area contributed by atoms with Gasteiger partial charge >= 0.3 is 0 Å². The van der Waals surface area contributed by atoms with Crippen LogP contribution in [0.5, 0.6) is 0 Å². The van der Waals surface area contributed by atoms with E-state index in [1.807, 2.05) is 30.0 Å². The van der Waals surface area contributed by atoms with Crippen LogP contribution in [0.4, 0.5) is 0 Å². The number of hydrogen-bond donors (Lipinski definition) is 3. The van der Waals surface area contributed by atoms with E-state index in [2.05, 4.69) is 27.8 Å². The molecule has 1 amide bonds. The van der Waals surface area contributed by atoms with Gasteiger partial charge in [0.05, 0.1) is 19.3 Å². The third-order valence-corrected chi connectivity index (χ3v) is 5.53. The maximum atomic E-state index is 12.3. The Bertz CT molecular complexity index is 678. The van der Waals surface area contributed by atoms with Crippen molar-refractivity contribution in [2.24, 2.45) is 16.8 Å². The Balaban J connectivity index is 1.37. The monoisotopic (exact) mass is 416 g/mol. The summed E-state index contributed by atoms with van der Waals surface area (Å²) in [7, 11) is 0. The smallest absolute Gasteiger partial charge is 0.223 e. The second kappa shape index (κ2) is 11.9. The fourth-order valence-electron chi connectivity index (χ4n) is 3.60. The third kappa shape index (κ3) is 7.95. The van der Waals surface area contributed by atoms with Crippen LogP contribution >= 0.6 is 0 Å². The van der Waals surface area contributed by atoms with Crippen LogP contribution < -0.4 is 10.6 Å². The van der Waals surface area contributed by atoms with Crippen LogP contribution in [0.25, 0.3) is 0 Å². The number of ether oxygens (including phenoxy) is 1. The number of amides is 1. The first kappa shape index (κ1) is 22.6. The van der Waals surface area contributed by atoms with Crippen LogP contribution in [-0.2, 0) is 16.0 Å². The fourth-order valence-corrected chi connectivity index (χ4v) is 3.60. The normalized spacial score (nSPS) is 20.5. The predicted molar refractivity (Wildman–Crippen MR) is 118 cm³/mol. The minimum absolute atomic E-state index is 0.225. The summed E-state index contributed by atoms with van der Waals surface area (Å²) in [5.41, 5.74) is 1.26. The molecule has 0 aromatic heterocycles. The lowest BCUT2D eigenvalue weighted by molar-refractivity contribution is -0.127. The van der Waals surface area contributed by atoms with E-state index in [9.17, 15) is 9.90 Å². The molecule has 2 unspecified atom stereocenters. The molecular weight excluding hydrogens is 380 g/mol. The van der Waals surface area contributed by atoms with Gasteiger partial charge in [-0.2, -0.15) is 0 Å². The average Bonchev–Trinajstić information content (AvgIpc) is 3.50. The van der Waals surface area contributed by atoms with Gasteiger partial charge in [-0.15, -0.1) is 0 Å². The highest BCUT2D eigenvalue weighted by Crippen LogP contribution is 2.28. The molecular formula is C23H36N4O3. The highest BCUT2D eigenvalue weighted by Gasteiger charge is 2.29. The molecule has 1 aromatic rings. The molecule has 1 saturated heterocycles. The lowest BCUT2D eigenvalue weighted by Gasteiger charge is -2.18. The zero-order chi connectivity index (χ0) is 21.2. The molecule has 1 aliphatic heterocycles. The number of likely N-dealkylation sites (tertiary alicyclic amines) is 1. The van der Waals surface area contributed by atoms with Crippen LogP contribution in [0.2, 0.25) is 0 Å². The Morgan fingerprint density at radius 2 is 2.07 bits per heavy atom. The van der Waals surface area contributed by atoms with Crippen LogP contribution in [0.15, 0.2) is 35.3 Å². The first-order valence-electron chi connectivity index (χ1n) is 11.2. The molecule has 0 spiro atoms. The molecule has 0 radical (unpaired) electrons. The largest absolute Gasteiger partial charge is 0.389 e. The highest BCUT2D eigenvalue weighted by atomic mass is 16.5. The number of aliphatic hydroxyl groups excluding tert-OH is 1. The van der Waals surface area contributed by atoms with Crippen molar-refractivity contribution in [1.82, 2.24) is 15.5 Å².